The van der Waals surface area contributed by atoms with Crippen molar-refractivity contribution in [3.8, 4) is 0 Å². The van der Waals surface area contributed by atoms with E-state index in [1.165, 1.54) is 0 Å². The summed E-state index contributed by atoms with van der Waals surface area (Å²) in [7, 11) is -3.33. The van der Waals surface area contributed by atoms with Gasteiger partial charge in [0, 0.05) is 23.5 Å². The van der Waals surface area contributed by atoms with Crippen LogP contribution in [-0.4, -0.2) is 24.3 Å². The quantitative estimate of drug-likeness (QED) is 0.897. The van der Waals surface area contributed by atoms with Crippen LogP contribution < -0.4 is 5.32 Å². The molecule has 0 saturated heterocycles. The number of hydrogen-bond acceptors (Lipinski definition) is 3. The second-order valence-corrected chi connectivity index (χ2v) is 8.67. The molecule has 2 aromatic rings. The van der Waals surface area contributed by atoms with Crippen LogP contribution in [0.4, 0.5) is 0 Å². The maximum atomic E-state index is 13.1. The summed E-state index contributed by atoms with van der Waals surface area (Å²) in [6, 6.07) is 11.4. The first-order valence-corrected chi connectivity index (χ1v) is 10.4. The highest BCUT2D eigenvalue weighted by Gasteiger charge is 2.41. The van der Waals surface area contributed by atoms with Crippen molar-refractivity contribution in [2.24, 2.45) is 0 Å². The molecule has 0 spiro atoms. The minimum Gasteiger partial charge on any atom is -0.334 e. The van der Waals surface area contributed by atoms with Crippen molar-refractivity contribution in [3.63, 3.8) is 0 Å². The molecule has 0 bridgehead atoms. The Morgan fingerprint density at radius 2 is 1.88 bits per heavy atom. The summed E-state index contributed by atoms with van der Waals surface area (Å²) in [5.41, 5.74) is 0.434. The highest BCUT2D eigenvalue weighted by molar-refractivity contribution is 7.91. The van der Waals surface area contributed by atoms with E-state index in [1.807, 2.05) is 42.7 Å². The van der Waals surface area contributed by atoms with E-state index in [4.69, 9.17) is 0 Å². The van der Waals surface area contributed by atoms with Gasteiger partial charge in [-0.1, -0.05) is 44.9 Å². The summed E-state index contributed by atoms with van der Waals surface area (Å²) in [6.07, 6.45) is 7.56. The minimum atomic E-state index is -3.33. The van der Waals surface area contributed by atoms with Crippen molar-refractivity contribution >= 4 is 9.84 Å². The molecule has 0 saturated carbocycles. The first-order chi connectivity index (χ1) is 11.5. The molecule has 0 radical (unpaired) electrons. The molecular formula is C19H26N2O2S. The van der Waals surface area contributed by atoms with E-state index in [-0.39, 0.29) is 11.9 Å². The number of benzene rings is 1. The van der Waals surface area contributed by atoms with E-state index in [0.717, 1.165) is 31.2 Å². The van der Waals surface area contributed by atoms with Gasteiger partial charge in [-0.3, -0.25) is 5.32 Å². The molecular weight excluding hydrogens is 320 g/mol. The Labute approximate surface area is 144 Å². The predicted molar refractivity (Wildman–Crippen MR) is 96.7 cm³/mol. The summed E-state index contributed by atoms with van der Waals surface area (Å²) in [6.45, 7) is 4.23. The van der Waals surface area contributed by atoms with Crippen molar-refractivity contribution in [1.29, 1.82) is 0 Å². The monoisotopic (exact) mass is 346 g/mol. The maximum Gasteiger partial charge on any atom is 0.180 e. The Bertz CT molecular complexity index is 783. The van der Waals surface area contributed by atoms with Crippen molar-refractivity contribution in [2.45, 2.75) is 56.1 Å². The molecule has 5 heteroatoms. The summed E-state index contributed by atoms with van der Waals surface area (Å²) in [4.78, 5) is 0.461. The number of fused-ring (bicyclic) bond motifs is 1. The van der Waals surface area contributed by atoms with Crippen molar-refractivity contribution in [3.05, 3.63) is 54.4 Å². The lowest BCUT2D eigenvalue weighted by Gasteiger charge is -2.36. The van der Waals surface area contributed by atoms with Crippen molar-refractivity contribution < 1.29 is 8.42 Å². The van der Waals surface area contributed by atoms with Crippen LogP contribution in [0.1, 0.15) is 51.3 Å². The van der Waals surface area contributed by atoms with Gasteiger partial charge in [-0.15, -0.1) is 0 Å². The smallest absolute Gasteiger partial charge is 0.180 e. The normalized spacial score (nSPS) is 25.8. The minimum absolute atomic E-state index is 0.158. The molecule has 0 amide bonds. The lowest BCUT2D eigenvalue weighted by Crippen LogP contribution is -2.51. The van der Waals surface area contributed by atoms with E-state index in [2.05, 4.69) is 23.7 Å². The zero-order valence-corrected chi connectivity index (χ0v) is 15.2. The number of unbranched alkanes of at least 4 members (excludes halogenated alkanes) is 1. The van der Waals surface area contributed by atoms with Gasteiger partial charge in [0.05, 0.1) is 10.6 Å². The third kappa shape index (κ3) is 3.15. The molecule has 1 aliphatic heterocycles. The van der Waals surface area contributed by atoms with E-state index in [0.29, 0.717) is 4.90 Å². The average molecular weight is 346 g/mol. The molecule has 2 atom stereocenters. The molecule has 1 N–H and O–H groups in total. The Morgan fingerprint density at radius 1 is 1.17 bits per heavy atom. The van der Waals surface area contributed by atoms with Gasteiger partial charge in [0.15, 0.2) is 9.84 Å². The largest absolute Gasteiger partial charge is 0.334 e. The van der Waals surface area contributed by atoms with Gasteiger partial charge in [-0.25, -0.2) is 8.42 Å². The van der Waals surface area contributed by atoms with Crippen LogP contribution in [-0.2, 0) is 9.84 Å². The highest BCUT2D eigenvalue weighted by atomic mass is 32.2. The molecule has 130 valence electrons. The van der Waals surface area contributed by atoms with Crippen LogP contribution in [0.2, 0.25) is 0 Å². The molecule has 4 nitrogen and oxygen atoms in total. The van der Waals surface area contributed by atoms with E-state index < -0.39 is 15.4 Å². The first-order valence-electron chi connectivity index (χ1n) is 8.73. The molecule has 3 rings (SSSR count). The van der Waals surface area contributed by atoms with E-state index in [9.17, 15) is 8.42 Å². The number of aromatic nitrogens is 1. The van der Waals surface area contributed by atoms with E-state index in [1.54, 1.807) is 6.07 Å². The topological polar surface area (TPSA) is 51.1 Å². The highest BCUT2D eigenvalue weighted by Crippen LogP contribution is 2.35. The average Bonchev–Trinajstić information content (AvgIpc) is 3.08. The molecule has 0 aliphatic carbocycles. The fourth-order valence-corrected chi connectivity index (χ4v) is 5.78. The molecule has 24 heavy (non-hydrogen) atoms. The van der Waals surface area contributed by atoms with Crippen LogP contribution in [0, 0.1) is 0 Å². The standard InChI is InChI=1S/C19H26N2O2S/c1-3-5-12-19(4-2)15-24(22,23)17-11-7-6-10-16(17)18(20-19)21-13-8-9-14-21/h6-11,13-14,18,20H,3-5,12,15H2,1-2H3/t18-,19+/m1/s1. The van der Waals surface area contributed by atoms with Gasteiger partial charge in [-0.2, -0.15) is 0 Å². The third-order valence-electron chi connectivity index (χ3n) is 5.07. The second kappa shape index (κ2) is 6.73. The number of hydrogen-bond donors (Lipinski definition) is 1. The Hall–Kier alpha value is -1.59. The molecule has 1 aliphatic rings. The molecule has 0 unspecified atom stereocenters. The summed E-state index contributed by atoms with van der Waals surface area (Å²) < 4.78 is 28.3. The van der Waals surface area contributed by atoms with Gasteiger partial charge in [0.1, 0.15) is 6.17 Å². The lowest BCUT2D eigenvalue weighted by molar-refractivity contribution is 0.262. The maximum absolute atomic E-state index is 13.1. The number of sulfone groups is 1. The van der Waals surface area contributed by atoms with Gasteiger partial charge in [-0.05, 0) is 31.0 Å². The van der Waals surface area contributed by atoms with Gasteiger partial charge >= 0.3 is 0 Å². The zero-order valence-electron chi connectivity index (χ0n) is 14.4. The van der Waals surface area contributed by atoms with Crippen LogP contribution in [0.15, 0.2) is 53.7 Å². The number of rotatable bonds is 5. The van der Waals surface area contributed by atoms with Gasteiger partial charge in [0.2, 0.25) is 0 Å². The summed E-state index contributed by atoms with van der Waals surface area (Å²) >= 11 is 0. The SMILES string of the molecule is CCCC[C@@]1(CC)CS(=O)(=O)c2ccccc2[C@@H](n2cccc2)N1. The summed E-state index contributed by atoms with van der Waals surface area (Å²) in [5.74, 6) is 0.158. The fourth-order valence-electron chi connectivity index (χ4n) is 3.64. The lowest BCUT2D eigenvalue weighted by atomic mass is 9.91. The predicted octanol–water partition coefficient (Wildman–Crippen LogP) is 3.75. The molecule has 1 aromatic carbocycles. The third-order valence-corrected chi connectivity index (χ3v) is 7.04. The number of nitrogens with zero attached hydrogens (tertiary/aromatic N) is 1. The fraction of sp³-hybridized carbons (Fsp3) is 0.474. The second-order valence-electron chi connectivity index (χ2n) is 6.71. The first kappa shape index (κ1) is 17.2. The van der Waals surface area contributed by atoms with Crippen LogP contribution in [0.25, 0.3) is 0 Å². The van der Waals surface area contributed by atoms with Gasteiger partial charge < -0.3 is 4.57 Å². The van der Waals surface area contributed by atoms with Crippen molar-refractivity contribution in [2.75, 3.05) is 5.75 Å². The van der Waals surface area contributed by atoms with Crippen LogP contribution in [0.3, 0.4) is 0 Å². The van der Waals surface area contributed by atoms with Crippen LogP contribution >= 0.6 is 0 Å². The Kier molecular flexibility index (Phi) is 4.83. The molecule has 2 heterocycles. The zero-order chi connectivity index (χ0) is 17.2. The Balaban J connectivity index is 2.15. The van der Waals surface area contributed by atoms with Crippen LogP contribution in [0.5, 0.6) is 0 Å². The van der Waals surface area contributed by atoms with E-state index >= 15 is 0 Å². The Morgan fingerprint density at radius 3 is 2.54 bits per heavy atom. The molecule has 0 fully saturated rings. The van der Waals surface area contributed by atoms with Crippen molar-refractivity contribution in [1.82, 2.24) is 9.88 Å². The van der Waals surface area contributed by atoms with Gasteiger partial charge in [0.25, 0.3) is 0 Å². The summed E-state index contributed by atoms with van der Waals surface area (Å²) in [5, 5.41) is 3.71. The number of nitrogens with one attached hydrogen (secondary N) is 1. The molecule has 1 aromatic heterocycles.